The fraction of sp³-hybridized carbons (Fsp3) is 0.714. The van der Waals surface area contributed by atoms with E-state index in [2.05, 4.69) is 25.2 Å². The SMILES string of the molecule is CC(C)c1noc(N2CCCC2c2noc(C(C)C)n2)n1. The molecule has 2 aromatic rings. The summed E-state index contributed by atoms with van der Waals surface area (Å²) >= 11 is 0. The molecule has 1 fully saturated rings. The molecule has 2 aromatic heterocycles. The molecule has 1 aliphatic rings. The van der Waals surface area contributed by atoms with Crippen LogP contribution in [0.3, 0.4) is 0 Å². The lowest BCUT2D eigenvalue weighted by Crippen LogP contribution is -2.23. The molecule has 3 rings (SSSR count). The van der Waals surface area contributed by atoms with E-state index in [1.807, 2.05) is 27.7 Å². The number of hydrogen-bond donors (Lipinski definition) is 0. The van der Waals surface area contributed by atoms with E-state index in [4.69, 9.17) is 9.05 Å². The summed E-state index contributed by atoms with van der Waals surface area (Å²) in [4.78, 5) is 11.0. The monoisotopic (exact) mass is 291 g/mol. The summed E-state index contributed by atoms with van der Waals surface area (Å²) in [5.74, 6) is 2.59. The van der Waals surface area contributed by atoms with Crippen molar-refractivity contribution in [2.24, 2.45) is 0 Å². The van der Waals surface area contributed by atoms with Gasteiger partial charge in [0.1, 0.15) is 0 Å². The first-order valence-electron chi connectivity index (χ1n) is 7.50. The van der Waals surface area contributed by atoms with Crippen LogP contribution in [0.2, 0.25) is 0 Å². The second kappa shape index (κ2) is 5.46. The summed E-state index contributed by atoms with van der Waals surface area (Å²) < 4.78 is 10.7. The summed E-state index contributed by atoms with van der Waals surface area (Å²) in [6.45, 7) is 9.04. The van der Waals surface area contributed by atoms with Crippen LogP contribution in [0.15, 0.2) is 9.05 Å². The molecule has 21 heavy (non-hydrogen) atoms. The standard InChI is InChI=1S/C14H21N5O2/c1-8(2)11-16-14(21-17-11)19-7-5-6-10(19)12-15-13(9(3)4)20-18-12/h8-10H,5-7H2,1-4H3. The van der Waals surface area contributed by atoms with Gasteiger partial charge in [-0.15, -0.1) is 0 Å². The minimum absolute atomic E-state index is 0.0571. The Morgan fingerprint density at radius 3 is 2.48 bits per heavy atom. The molecule has 0 spiro atoms. The van der Waals surface area contributed by atoms with Crippen molar-refractivity contribution >= 4 is 6.01 Å². The molecule has 0 radical (unpaired) electrons. The molecule has 1 atom stereocenters. The number of anilines is 1. The Bertz CT molecular complexity index is 552. The van der Waals surface area contributed by atoms with Gasteiger partial charge in [-0.2, -0.15) is 9.97 Å². The van der Waals surface area contributed by atoms with Crippen molar-refractivity contribution in [1.82, 2.24) is 20.3 Å². The average Bonchev–Trinajstić information content (AvgIpc) is 3.17. The minimum Gasteiger partial charge on any atom is -0.339 e. The first-order chi connectivity index (χ1) is 10.1. The topological polar surface area (TPSA) is 81.1 Å². The zero-order valence-electron chi connectivity index (χ0n) is 12.9. The first-order valence-corrected chi connectivity index (χ1v) is 7.50. The van der Waals surface area contributed by atoms with Crippen molar-refractivity contribution in [3.8, 4) is 0 Å². The quantitative estimate of drug-likeness (QED) is 0.856. The molecule has 0 saturated carbocycles. The number of nitrogens with zero attached hydrogens (tertiary/aromatic N) is 5. The molecular weight excluding hydrogens is 270 g/mol. The lowest BCUT2D eigenvalue weighted by atomic mass is 10.2. The lowest BCUT2D eigenvalue weighted by molar-refractivity contribution is 0.356. The van der Waals surface area contributed by atoms with E-state index in [-0.39, 0.29) is 17.9 Å². The summed E-state index contributed by atoms with van der Waals surface area (Å²) in [5.41, 5.74) is 0. The Morgan fingerprint density at radius 2 is 1.86 bits per heavy atom. The molecular formula is C14H21N5O2. The molecule has 0 bridgehead atoms. The Balaban J connectivity index is 1.83. The second-order valence-electron chi connectivity index (χ2n) is 6.09. The van der Waals surface area contributed by atoms with Gasteiger partial charge in [0.05, 0.1) is 6.04 Å². The molecule has 0 N–H and O–H groups in total. The fourth-order valence-electron chi connectivity index (χ4n) is 2.46. The van der Waals surface area contributed by atoms with Crippen molar-refractivity contribution in [3.05, 3.63) is 17.5 Å². The molecule has 1 aliphatic heterocycles. The van der Waals surface area contributed by atoms with Crippen molar-refractivity contribution in [3.63, 3.8) is 0 Å². The molecule has 0 aliphatic carbocycles. The van der Waals surface area contributed by atoms with Crippen molar-refractivity contribution in [2.45, 2.75) is 58.4 Å². The predicted molar refractivity (Wildman–Crippen MR) is 76.1 cm³/mol. The van der Waals surface area contributed by atoms with E-state index in [0.717, 1.165) is 25.2 Å². The third-order valence-electron chi connectivity index (χ3n) is 3.70. The Kier molecular flexibility index (Phi) is 3.65. The molecule has 1 unspecified atom stereocenters. The van der Waals surface area contributed by atoms with Crippen LogP contribution in [-0.2, 0) is 0 Å². The van der Waals surface area contributed by atoms with Crippen LogP contribution in [0, 0.1) is 0 Å². The third-order valence-corrected chi connectivity index (χ3v) is 3.70. The zero-order valence-corrected chi connectivity index (χ0v) is 12.9. The van der Waals surface area contributed by atoms with E-state index < -0.39 is 0 Å². The van der Waals surface area contributed by atoms with E-state index in [0.29, 0.717) is 17.7 Å². The van der Waals surface area contributed by atoms with Gasteiger partial charge < -0.3 is 13.9 Å². The number of rotatable bonds is 4. The fourth-order valence-corrected chi connectivity index (χ4v) is 2.46. The van der Waals surface area contributed by atoms with Gasteiger partial charge in [-0.1, -0.05) is 38.0 Å². The van der Waals surface area contributed by atoms with Crippen LogP contribution in [0.25, 0.3) is 0 Å². The molecule has 0 aromatic carbocycles. The van der Waals surface area contributed by atoms with Gasteiger partial charge in [0, 0.05) is 18.4 Å². The number of aromatic nitrogens is 4. The molecule has 7 nitrogen and oxygen atoms in total. The van der Waals surface area contributed by atoms with Crippen LogP contribution in [0.5, 0.6) is 0 Å². The normalized spacial score (nSPS) is 19.1. The largest absolute Gasteiger partial charge is 0.339 e. The maximum absolute atomic E-state index is 5.39. The summed E-state index contributed by atoms with van der Waals surface area (Å²) in [6.07, 6.45) is 2.02. The van der Waals surface area contributed by atoms with Crippen molar-refractivity contribution < 1.29 is 9.05 Å². The van der Waals surface area contributed by atoms with Crippen molar-refractivity contribution in [2.75, 3.05) is 11.4 Å². The highest BCUT2D eigenvalue weighted by Crippen LogP contribution is 2.34. The smallest absolute Gasteiger partial charge is 0.324 e. The Hall–Kier alpha value is -1.92. The minimum atomic E-state index is 0.0571. The summed E-state index contributed by atoms with van der Waals surface area (Å²) in [5, 5.41) is 8.15. The highest BCUT2D eigenvalue weighted by Gasteiger charge is 2.33. The van der Waals surface area contributed by atoms with Crippen LogP contribution >= 0.6 is 0 Å². The van der Waals surface area contributed by atoms with Crippen LogP contribution in [0.1, 0.15) is 76.0 Å². The maximum Gasteiger partial charge on any atom is 0.324 e. The second-order valence-corrected chi connectivity index (χ2v) is 6.09. The Labute approximate surface area is 123 Å². The first kappa shape index (κ1) is 14.0. The Morgan fingerprint density at radius 1 is 1.05 bits per heavy atom. The zero-order chi connectivity index (χ0) is 15.0. The molecule has 1 saturated heterocycles. The average molecular weight is 291 g/mol. The third kappa shape index (κ3) is 2.64. The van der Waals surface area contributed by atoms with Gasteiger partial charge >= 0.3 is 6.01 Å². The number of hydrogen-bond acceptors (Lipinski definition) is 7. The van der Waals surface area contributed by atoms with Crippen LogP contribution in [-0.4, -0.2) is 26.8 Å². The highest BCUT2D eigenvalue weighted by atomic mass is 16.5. The van der Waals surface area contributed by atoms with E-state index in [1.54, 1.807) is 0 Å². The molecule has 0 amide bonds. The predicted octanol–water partition coefficient (Wildman–Crippen LogP) is 3.04. The maximum atomic E-state index is 5.39. The van der Waals surface area contributed by atoms with E-state index >= 15 is 0 Å². The van der Waals surface area contributed by atoms with Crippen LogP contribution < -0.4 is 4.90 Å². The van der Waals surface area contributed by atoms with Crippen LogP contribution in [0.4, 0.5) is 6.01 Å². The van der Waals surface area contributed by atoms with E-state index in [1.165, 1.54) is 0 Å². The summed E-state index contributed by atoms with van der Waals surface area (Å²) in [6, 6.07) is 0.610. The van der Waals surface area contributed by atoms with Crippen molar-refractivity contribution in [1.29, 1.82) is 0 Å². The van der Waals surface area contributed by atoms with Gasteiger partial charge in [0.25, 0.3) is 0 Å². The van der Waals surface area contributed by atoms with Gasteiger partial charge in [0.2, 0.25) is 5.89 Å². The summed E-state index contributed by atoms with van der Waals surface area (Å²) in [7, 11) is 0. The lowest BCUT2D eigenvalue weighted by Gasteiger charge is -2.18. The molecule has 3 heterocycles. The van der Waals surface area contributed by atoms with Gasteiger partial charge in [-0.3, -0.25) is 0 Å². The van der Waals surface area contributed by atoms with Gasteiger partial charge in [-0.05, 0) is 12.8 Å². The molecule has 7 heteroatoms. The van der Waals surface area contributed by atoms with E-state index in [9.17, 15) is 0 Å². The highest BCUT2D eigenvalue weighted by molar-refractivity contribution is 5.32. The van der Waals surface area contributed by atoms with Gasteiger partial charge in [0.15, 0.2) is 11.6 Å². The van der Waals surface area contributed by atoms with Gasteiger partial charge in [-0.25, -0.2) is 0 Å². The molecule has 114 valence electrons.